The molecule has 3 N–H and O–H groups in total. The number of hydrogen-bond donors (Lipinski definition) is 2. The predicted octanol–water partition coefficient (Wildman–Crippen LogP) is 2.63. The van der Waals surface area contributed by atoms with Crippen LogP contribution in [0.3, 0.4) is 0 Å². The van der Waals surface area contributed by atoms with Crippen molar-refractivity contribution in [2.75, 3.05) is 12.4 Å². The molecule has 2 saturated carbocycles. The lowest BCUT2D eigenvalue weighted by molar-refractivity contribution is 0.415. The minimum Gasteiger partial charge on any atom is -0.495 e. The third-order valence-electron chi connectivity index (χ3n) is 3.76. The van der Waals surface area contributed by atoms with Gasteiger partial charge in [-0.3, -0.25) is 0 Å². The number of halogens is 1. The number of anilines is 1. The molecule has 0 heterocycles. The van der Waals surface area contributed by atoms with Crippen LogP contribution >= 0.6 is 11.6 Å². The average molecular weight is 266 g/mol. The van der Waals surface area contributed by atoms with E-state index in [1.54, 1.807) is 19.2 Å². The Balaban J connectivity index is 1.66. The molecule has 3 rings (SSSR count). The summed E-state index contributed by atoms with van der Waals surface area (Å²) in [5.41, 5.74) is 7.24. The highest BCUT2D eigenvalue weighted by atomic mass is 35.5. The van der Waals surface area contributed by atoms with E-state index >= 15 is 0 Å². The van der Waals surface area contributed by atoms with Gasteiger partial charge in [0.2, 0.25) is 0 Å². The van der Waals surface area contributed by atoms with Crippen LogP contribution in [0, 0.1) is 5.41 Å². The van der Waals surface area contributed by atoms with Gasteiger partial charge >= 0.3 is 0 Å². The highest BCUT2D eigenvalue weighted by molar-refractivity contribution is 6.32. The lowest BCUT2D eigenvalue weighted by Crippen LogP contribution is -2.23. The number of nitrogens with one attached hydrogen (secondary N) is 1. The summed E-state index contributed by atoms with van der Waals surface area (Å²) in [7, 11) is 1.59. The van der Waals surface area contributed by atoms with Gasteiger partial charge in [-0.2, -0.15) is 0 Å². The van der Waals surface area contributed by atoms with Crippen molar-refractivity contribution in [3.05, 3.63) is 23.2 Å². The van der Waals surface area contributed by atoms with Crippen molar-refractivity contribution >= 4 is 23.2 Å². The van der Waals surface area contributed by atoms with Gasteiger partial charge in [0, 0.05) is 5.69 Å². The summed E-state index contributed by atoms with van der Waals surface area (Å²) < 4.78 is 5.09. The van der Waals surface area contributed by atoms with Crippen molar-refractivity contribution in [2.24, 2.45) is 16.1 Å². The molecule has 2 aliphatic rings. The first kappa shape index (κ1) is 11.7. The lowest BCUT2D eigenvalue weighted by atomic mass is 10.3. The van der Waals surface area contributed by atoms with E-state index in [1.165, 1.54) is 19.3 Å². The molecule has 0 aromatic heterocycles. The van der Waals surface area contributed by atoms with Crippen molar-refractivity contribution in [3.63, 3.8) is 0 Å². The Labute approximate surface area is 111 Å². The molecule has 0 bridgehead atoms. The number of nitrogens with zero attached hydrogens (tertiary/aromatic N) is 1. The van der Waals surface area contributed by atoms with Crippen LogP contribution in [0.25, 0.3) is 0 Å². The number of guanidine groups is 1. The van der Waals surface area contributed by atoms with Crippen LogP contribution < -0.4 is 15.8 Å². The molecule has 2 aliphatic carbocycles. The maximum absolute atomic E-state index is 6.04. The Bertz CT molecular complexity index is 511. The highest BCUT2D eigenvalue weighted by Crippen LogP contribution is 2.67. The van der Waals surface area contributed by atoms with E-state index in [-0.39, 0.29) is 0 Å². The van der Waals surface area contributed by atoms with Gasteiger partial charge in [-0.15, -0.1) is 0 Å². The van der Waals surface area contributed by atoms with Crippen LogP contribution in [-0.4, -0.2) is 19.1 Å². The van der Waals surface area contributed by atoms with Crippen molar-refractivity contribution < 1.29 is 4.74 Å². The number of hydrogen-bond acceptors (Lipinski definition) is 2. The molecule has 1 aromatic carbocycles. The molecule has 0 saturated heterocycles. The van der Waals surface area contributed by atoms with Gasteiger partial charge in [0.25, 0.3) is 0 Å². The zero-order chi connectivity index (χ0) is 12.8. The maximum Gasteiger partial charge on any atom is 0.193 e. The highest BCUT2D eigenvalue weighted by Gasteiger charge is 2.63. The van der Waals surface area contributed by atoms with E-state index in [0.717, 1.165) is 5.69 Å². The Morgan fingerprint density at radius 1 is 1.56 bits per heavy atom. The maximum atomic E-state index is 6.04. The number of nitrogens with two attached hydrogens (primary N) is 1. The van der Waals surface area contributed by atoms with Gasteiger partial charge in [0.1, 0.15) is 5.75 Å². The number of rotatable bonds is 3. The molecule has 0 amide bonds. The summed E-state index contributed by atoms with van der Waals surface area (Å²) in [5, 5.41) is 3.61. The molecule has 0 aliphatic heterocycles. The SMILES string of the molecule is COc1ccc(NC(N)=NC2CC23CC3)cc1Cl. The summed E-state index contributed by atoms with van der Waals surface area (Å²) in [6.45, 7) is 0. The number of aliphatic imine (C=N–C) groups is 1. The molecule has 0 radical (unpaired) electrons. The molecule has 1 spiro atoms. The third-order valence-corrected chi connectivity index (χ3v) is 4.05. The van der Waals surface area contributed by atoms with Crippen LogP contribution in [0.5, 0.6) is 5.75 Å². The quantitative estimate of drug-likeness (QED) is 0.652. The molecule has 18 heavy (non-hydrogen) atoms. The largest absolute Gasteiger partial charge is 0.495 e. The third kappa shape index (κ3) is 2.12. The Morgan fingerprint density at radius 3 is 2.89 bits per heavy atom. The first-order valence-corrected chi connectivity index (χ1v) is 6.45. The van der Waals surface area contributed by atoms with E-state index in [1.807, 2.05) is 6.07 Å². The Hall–Kier alpha value is -1.42. The van der Waals surface area contributed by atoms with E-state index in [0.29, 0.717) is 28.2 Å². The van der Waals surface area contributed by atoms with Gasteiger partial charge in [0.15, 0.2) is 5.96 Å². The van der Waals surface area contributed by atoms with Crippen molar-refractivity contribution in [1.29, 1.82) is 0 Å². The number of benzene rings is 1. The second kappa shape index (κ2) is 4.05. The molecule has 4 nitrogen and oxygen atoms in total. The topological polar surface area (TPSA) is 59.6 Å². The molecular formula is C13H16ClN3O. The first-order valence-electron chi connectivity index (χ1n) is 6.07. The Morgan fingerprint density at radius 2 is 2.33 bits per heavy atom. The van der Waals surface area contributed by atoms with Gasteiger partial charge in [-0.1, -0.05) is 11.6 Å². The van der Waals surface area contributed by atoms with Crippen LogP contribution in [-0.2, 0) is 0 Å². The van der Waals surface area contributed by atoms with E-state index in [4.69, 9.17) is 22.1 Å². The lowest BCUT2D eigenvalue weighted by Gasteiger charge is -2.08. The van der Waals surface area contributed by atoms with Crippen LogP contribution in [0.1, 0.15) is 19.3 Å². The fourth-order valence-corrected chi connectivity index (χ4v) is 2.56. The predicted molar refractivity (Wildman–Crippen MR) is 73.3 cm³/mol. The normalized spacial score (nSPS) is 23.9. The van der Waals surface area contributed by atoms with Crippen molar-refractivity contribution in [2.45, 2.75) is 25.3 Å². The second-order valence-electron chi connectivity index (χ2n) is 5.07. The van der Waals surface area contributed by atoms with E-state index in [9.17, 15) is 0 Å². The molecule has 5 heteroatoms. The second-order valence-corrected chi connectivity index (χ2v) is 5.48. The van der Waals surface area contributed by atoms with Crippen molar-refractivity contribution in [1.82, 2.24) is 0 Å². The zero-order valence-electron chi connectivity index (χ0n) is 10.2. The summed E-state index contributed by atoms with van der Waals surface area (Å²) in [6, 6.07) is 5.88. The van der Waals surface area contributed by atoms with E-state index in [2.05, 4.69) is 10.3 Å². The van der Waals surface area contributed by atoms with Gasteiger partial charge in [-0.25, -0.2) is 4.99 Å². The summed E-state index contributed by atoms with van der Waals surface area (Å²) in [4.78, 5) is 4.48. The van der Waals surface area contributed by atoms with Crippen molar-refractivity contribution in [3.8, 4) is 5.75 Å². The molecule has 1 atom stereocenters. The van der Waals surface area contributed by atoms with Gasteiger partial charge in [-0.05, 0) is 42.9 Å². The molecule has 1 aromatic rings. The molecule has 2 fully saturated rings. The van der Waals surface area contributed by atoms with Gasteiger partial charge in [0.05, 0.1) is 18.2 Å². The Kier molecular flexibility index (Phi) is 2.63. The molecule has 96 valence electrons. The van der Waals surface area contributed by atoms with Gasteiger partial charge < -0.3 is 15.8 Å². The standard InChI is InChI=1S/C13H16ClN3O/c1-18-10-3-2-8(6-9(10)14)16-12(15)17-11-7-13(11)4-5-13/h2-3,6,11H,4-5,7H2,1H3,(H3,15,16,17). The number of ether oxygens (including phenoxy) is 1. The molecule has 1 unspecified atom stereocenters. The average Bonchev–Trinajstić information content (AvgIpc) is 3.21. The monoisotopic (exact) mass is 265 g/mol. The zero-order valence-corrected chi connectivity index (χ0v) is 11.0. The fraction of sp³-hybridized carbons (Fsp3) is 0.462. The van der Waals surface area contributed by atoms with E-state index < -0.39 is 0 Å². The smallest absolute Gasteiger partial charge is 0.193 e. The minimum atomic E-state index is 0.429. The van der Waals surface area contributed by atoms with Crippen LogP contribution in [0.4, 0.5) is 5.69 Å². The first-order chi connectivity index (χ1) is 8.63. The van der Waals surface area contributed by atoms with Crippen LogP contribution in [0.2, 0.25) is 5.02 Å². The summed E-state index contributed by atoms with van der Waals surface area (Å²) in [6.07, 6.45) is 3.81. The summed E-state index contributed by atoms with van der Waals surface area (Å²) in [5.74, 6) is 1.11. The number of methoxy groups -OCH3 is 1. The minimum absolute atomic E-state index is 0.429. The fourth-order valence-electron chi connectivity index (χ4n) is 2.30. The summed E-state index contributed by atoms with van der Waals surface area (Å²) >= 11 is 6.04. The van der Waals surface area contributed by atoms with Crippen LogP contribution in [0.15, 0.2) is 23.2 Å². The molecular weight excluding hydrogens is 250 g/mol.